The number of benzene rings is 2. The van der Waals surface area contributed by atoms with Crippen LogP contribution in [-0.4, -0.2) is 113 Å². The van der Waals surface area contributed by atoms with E-state index in [1.54, 1.807) is 80.1 Å². The van der Waals surface area contributed by atoms with E-state index in [1.165, 1.54) is 29.9 Å². The Morgan fingerprint density at radius 1 is 0.900 bits per heavy atom. The lowest BCUT2D eigenvalue weighted by atomic mass is 9.48. The first kappa shape index (κ1) is 52.9. The molecular weight excluding hydrogens is 943 g/mol. The molecule has 2 N–H and O–H groups in total. The van der Waals surface area contributed by atoms with Gasteiger partial charge in [-0.1, -0.05) is 112 Å². The molecule has 16 nitrogen and oxygen atoms in total. The third kappa shape index (κ3) is 10.2. The maximum atomic E-state index is 15.7. The van der Waals surface area contributed by atoms with Crippen molar-refractivity contribution in [3.05, 3.63) is 82.9 Å². The fourth-order valence-electron chi connectivity index (χ4n) is 11.3. The van der Waals surface area contributed by atoms with Crippen LogP contribution in [0.3, 0.4) is 0 Å². The van der Waals surface area contributed by atoms with Gasteiger partial charge in [0, 0.05) is 49.0 Å². The van der Waals surface area contributed by atoms with Gasteiger partial charge in [0.15, 0.2) is 17.5 Å². The fourth-order valence-corrected chi connectivity index (χ4v) is 13.3. The average Bonchev–Trinajstić information content (AvgIpc) is 4.02. The largest absolute Gasteiger partial charge is 0.509 e. The number of ether oxygens (including phenoxy) is 7. The van der Waals surface area contributed by atoms with Gasteiger partial charge in [0.05, 0.1) is 18.1 Å². The number of amides is 1. The van der Waals surface area contributed by atoms with E-state index in [9.17, 15) is 29.1 Å². The highest BCUT2D eigenvalue weighted by atomic mass is 33.1. The van der Waals surface area contributed by atoms with Gasteiger partial charge in [0.2, 0.25) is 12.0 Å². The third-order valence-corrected chi connectivity index (χ3v) is 17.1. The van der Waals surface area contributed by atoms with E-state index in [2.05, 4.69) is 12.2 Å². The lowest BCUT2D eigenvalue weighted by Crippen LogP contribution is -2.78. The van der Waals surface area contributed by atoms with Gasteiger partial charge in [0.1, 0.15) is 36.6 Å². The molecule has 0 unspecified atom stereocenters. The Bertz CT molecular complexity index is 2370. The van der Waals surface area contributed by atoms with E-state index in [0.717, 1.165) is 19.1 Å². The summed E-state index contributed by atoms with van der Waals surface area (Å²) in [6.07, 6.45) is -7.57. The van der Waals surface area contributed by atoms with Crippen molar-refractivity contribution in [2.75, 3.05) is 24.7 Å². The number of nitrogens with one attached hydrogen (secondary N) is 1. The number of rotatable bonds is 17. The minimum Gasteiger partial charge on any atom is -0.455 e. The fraction of sp³-hybridized carbons (Fsp3) is 0.596. The number of fused-ring (bicyclic) bond motifs is 4. The number of hydrogen-bond acceptors (Lipinski definition) is 17. The molecule has 2 aromatic carbocycles. The van der Waals surface area contributed by atoms with Gasteiger partial charge in [-0.25, -0.2) is 14.4 Å². The van der Waals surface area contributed by atoms with Crippen LogP contribution in [0.15, 0.2) is 71.8 Å². The summed E-state index contributed by atoms with van der Waals surface area (Å²) in [5, 5.41) is 16.8. The van der Waals surface area contributed by atoms with E-state index in [4.69, 9.17) is 33.2 Å². The highest BCUT2D eigenvalue weighted by Crippen LogP contribution is 2.74. The molecule has 1 saturated heterocycles. The first-order valence-electron chi connectivity index (χ1n) is 23.9. The van der Waals surface area contributed by atoms with E-state index in [-0.39, 0.29) is 42.8 Å². The normalized spacial score (nSPS) is 30.2. The van der Waals surface area contributed by atoms with Crippen LogP contribution in [0, 0.1) is 28.1 Å². The van der Waals surface area contributed by atoms with Crippen LogP contribution in [0.5, 0.6) is 0 Å². The van der Waals surface area contributed by atoms with Crippen LogP contribution in [0.1, 0.15) is 116 Å². The second-order valence-corrected chi connectivity index (χ2v) is 23.5. The zero-order chi connectivity index (χ0) is 51.0. The molecule has 380 valence electrons. The standard InChI is InChI=1S/C52H65NO15S2/c1-10-22-69-70-23-21-62-47(60)66-41(39(32-17-13-11-14-18-32)53-37(56)27-48(5,6)7)46(59)65-35-26-52(61)44(67-45(58)33-19-15-12-16-20-33)42-50(25-34(50)24-36-51(42,28-63-36)68-31(4)55)43(57)40(64-30(3)54)38(29(35)2)49(52,8)9/h11-20,34-36,39-42,44,61H,10,21-28H2,1-9H3,(H,53,56)/t34-,35+,36-,39+,40-,41-,42+,44+,50-,51+,52-/m1/s1. The SMILES string of the molecule is CCCSSCCOC(=O)O[C@@H](C(=O)O[C@H]1C[C@@]2(O)[C@@H](OC(=O)c3ccccc3)[C@@H]3[C@]4(OC(C)=O)CO[C@@H]4C[C@@H]4C[C@@]43C(=O)[C@H](OC(C)=O)C(=C1C)C2(C)C)[C@@H](NC(=O)CC(C)(C)C)c1ccccc1. The van der Waals surface area contributed by atoms with E-state index < -0.39 is 124 Å². The Hall–Kier alpha value is -4.91. The molecule has 70 heavy (non-hydrogen) atoms. The zero-order valence-electron chi connectivity index (χ0n) is 41.2. The summed E-state index contributed by atoms with van der Waals surface area (Å²) in [4.78, 5) is 99.0. The van der Waals surface area contributed by atoms with Crippen molar-refractivity contribution in [3.8, 4) is 0 Å². The molecule has 3 saturated carbocycles. The summed E-state index contributed by atoms with van der Waals surface area (Å²) >= 11 is 0. The molecule has 2 aromatic rings. The summed E-state index contributed by atoms with van der Waals surface area (Å²) in [7, 11) is 3.12. The van der Waals surface area contributed by atoms with Crippen LogP contribution in [0.25, 0.3) is 0 Å². The molecule has 5 aliphatic rings. The first-order chi connectivity index (χ1) is 33.0. The number of aliphatic hydroxyl groups is 1. The molecule has 0 radical (unpaired) electrons. The average molecular weight is 1010 g/mol. The Balaban J connectivity index is 1.36. The number of hydrogen-bond donors (Lipinski definition) is 2. The molecule has 1 aliphatic heterocycles. The number of carbonyl (C=O) groups is 7. The second kappa shape index (κ2) is 20.7. The second-order valence-electron chi connectivity index (χ2n) is 20.8. The van der Waals surface area contributed by atoms with Crippen LogP contribution in [0.2, 0.25) is 0 Å². The van der Waals surface area contributed by atoms with Crippen molar-refractivity contribution in [1.82, 2.24) is 5.32 Å². The van der Waals surface area contributed by atoms with Crippen molar-refractivity contribution in [2.24, 2.45) is 28.1 Å². The summed E-state index contributed by atoms with van der Waals surface area (Å²) in [5.74, 6) is -4.84. The summed E-state index contributed by atoms with van der Waals surface area (Å²) in [5.41, 5.74) is -6.53. The monoisotopic (exact) mass is 1010 g/mol. The molecule has 4 fully saturated rings. The topological polar surface area (TPSA) is 216 Å². The Morgan fingerprint density at radius 2 is 1.56 bits per heavy atom. The van der Waals surface area contributed by atoms with Crippen molar-refractivity contribution in [3.63, 3.8) is 0 Å². The lowest BCUT2D eigenvalue weighted by Gasteiger charge is -2.64. The predicted octanol–water partition coefficient (Wildman–Crippen LogP) is 7.45. The summed E-state index contributed by atoms with van der Waals surface area (Å²) in [6.45, 7) is 14.7. The van der Waals surface area contributed by atoms with Gasteiger partial charge in [0.25, 0.3) is 0 Å². The Labute approximate surface area is 416 Å². The van der Waals surface area contributed by atoms with Gasteiger partial charge in [-0.2, -0.15) is 0 Å². The number of ketones is 1. The molecular formula is C52H65NO15S2. The lowest BCUT2D eigenvalue weighted by molar-refractivity contribution is -0.323. The maximum absolute atomic E-state index is 15.7. The molecule has 4 aliphatic carbocycles. The van der Waals surface area contributed by atoms with Gasteiger partial charge < -0.3 is 43.6 Å². The number of carbonyl (C=O) groups excluding carboxylic acids is 7. The quantitative estimate of drug-likeness (QED) is 0.0517. The van der Waals surface area contributed by atoms with E-state index in [0.29, 0.717) is 17.7 Å². The van der Waals surface area contributed by atoms with E-state index in [1.807, 2.05) is 20.8 Å². The van der Waals surface area contributed by atoms with Crippen molar-refractivity contribution in [2.45, 2.75) is 142 Å². The van der Waals surface area contributed by atoms with Crippen LogP contribution in [0.4, 0.5) is 4.79 Å². The van der Waals surface area contributed by atoms with Gasteiger partial charge in [-0.3, -0.25) is 19.2 Å². The predicted molar refractivity (Wildman–Crippen MR) is 258 cm³/mol. The van der Waals surface area contributed by atoms with Crippen molar-refractivity contribution < 1.29 is 71.8 Å². The highest BCUT2D eigenvalue weighted by Gasteiger charge is 2.84. The Kier molecular flexibility index (Phi) is 15.6. The van der Waals surface area contributed by atoms with Gasteiger partial charge >= 0.3 is 30.0 Å². The minimum absolute atomic E-state index is 0.0318. The maximum Gasteiger partial charge on any atom is 0.509 e. The molecule has 18 heteroatoms. The van der Waals surface area contributed by atoms with Crippen molar-refractivity contribution in [1.29, 1.82) is 0 Å². The van der Waals surface area contributed by atoms with Gasteiger partial charge in [-0.05, 0) is 66.4 Å². The molecule has 1 spiro atoms. The van der Waals surface area contributed by atoms with Crippen LogP contribution < -0.4 is 5.32 Å². The molecule has 0 aromatic heterocycles. The third-order valence-electron chi connectivity index (χ3n) is 14.5. The molecule has 11 atom stereocenters. The zero-order valence-corrected chi connectivity index (χ0v) is 42.9. The van der Waals surface area contributed by atoms with E-state index >= 15 is 9.59 Å². The number of esters is 4. The highest BCUT2D eigenvalue weighted by molar-refractivity contribution is 8.76. The van der Waals surface area contributed by atoms with Crippen molar-refractivity contribution >= 4 is 63.3 Å². The Morgan fingerprint density at radius 3 is 2.16 bits per heavy atom. The molecule has 2 bridgehead atoms. The molecule has 1 heterocycles. The number of Topliss-reactive ketones (excluding diaryl/α,β-unsaturated/α-hetero) is 1. The smallest absolute Gasteiger partial charge is 0.455 e. The summed E-state index contributed by atoms with van der Waals surface area (Å²) in [6, 6.07) is 15.2. The first-order valence-corrected chi connectivity index (χ1v) is 26.3. The van der Waals surface area contributed by atoms with Crippen LogP contribution in [-0.2, 0) is 57.1 Å². The minimum atomic E-state index is -2.30. The van der Waals surface area contributed by atoms with Gasteiger partial charge in [-0.15, -0.1) is 0 Å². The summed E-state index contributed by atoms with van der Waals surface area (Å²) < 4.78 is 42.6. The molecule has 1 amide bonds. The molecule has 7 rings (SSSR count). The van der Waals surface area contributed by atoms with Crippen LogP contribution >= 0.6 is 21.6 Å².